The first kappa shape index (κ1) is 16.6. The second kappa shape index (κ2) is 7.15. The highest BCUT2D eigenvalue weighted by molar-refractivity contribution is 5.74. The summed E-state index contributed by atoms with van der Waals surface area (Å²) in [6.45, 7) is 0.304. The van der Waals surface area contributed by atoms with E-state index >= 15 is 0 Å². The SMILES string of the molecule is COc1ncc(C2=CC3CCC(C2)N3C(=O)OCc2ccccc2)cn1. The summed E-state index contributed by atoms with van der Waals surface area (Å²) in [5.41, 5.74) is 3.17. The van der Waals surface area contributed by atoms with Crippen molar-refractivity contribution in [3.63, 3.8) is 0 Å². The van der Waals surface area contributed by atoms with Gasteiger partial charge in [-0.25, -0.2) is 14.8 Å². The van der Waals surface area contributed by atoms with E-state index in [9.17, 15) is 4.79 Å². The summed E-state index contributed by atoms with van der Waals surface area (Å²) in [4.78, 5) is 22.8. The molecule has 2 aliphatic heterocycles. The molecule has 2 unspecified atom stereocenters. The second-order valence-corrected chi connectivity index (χ2v) is 6.60. The number of nitrogens with zero attached hydrogens (tertiary/aromatic N) is 3. The van der Waals surface area contributed by atoms with Crippen molar-refractivity contribution < 1.29 is 14.3 Å². The van der Waals surface area contributed by atoms with Gasteiger partial charge in [-0.2, -0.15) is 0 Å². The lowest BCUT2D eigenvalue weighted by molar-refractivity contribution is 0.0832. The number of benzene rings is 1. The molecule has 2 aliphatic rings. The lowest BCUT2D eigenvalue weighted by atomic mass is 9.97. The van der Waals surface area contributed by atoms with Crippen LogP contribution in [0.1, 0.15) is 30.4 Å². The molecule has 2 bridgehead atoms. The number of carbonyl (C=O) groups is 1. The second-order valence-electron chi connectivity index (χ2n) is 6.60. The van der Waals surface area contributed by atoms with E-state index in [0.717, 1.165) is 30.4 Å². The maximum Gasteiger partial charge on any atom is 0.410 e. The van der Waals surface area contributed by atoms with Crippen LogP contribution in [0.5, 0.6) is 6.01 Å². The third-order valence-corrected chi connectivity index (χ3v) is 4.99. The van der Waals surface area contributed by atoms with Crippen molar-refractivity contribution in [3.05, 3.63) is 59.9 Å². The van der Waals surface area contributed by atoms with Gasteiger partial charge in [-0.1, -0.05) is 36.4 Å². The minimum Gasteiger partial charge on any atom is -0.467 e. The molecule has 0 saturated carbocycles. The number of ether oxygens (including phenoxy) is 2. The zero-order valence-electron chi connectivity index (χ0n) is 14.7. The van der Waals surface area contributed by atoms with Gasteiger partial charge in [-0.3, -0.25) is 4.90 Å². The predicted octanol–water partition coefficient (Wildman–Crippen LogP) is 3.44. The fourth-order valence-electron chi connectivity index (χ4n) is 3.71. The standard InChI is InChI=1S/C20H21N3O3/c1-25-19-21-11-16(12-22-19)15-9-17-7-8-18(10-15)23(17)20(24)26-13-14-5-3-2-4-6-14/h2-6,9,11-12,17-18H,7-8,10,13H2,1H3. The topological polar surface area (TPSA) is 64.5 Å². The van der Waals surface area contributed by atoms with Gasteiger partial charge in [0.05, 0.1) is 13.2 Å². The Morgan fingerprint density at radius 3 is 2.65 bits per heavy atom. The van der Waals surface area contributed by atoms with Crippen LogP contribution in [-0.2, 0) is 11.3 Å². The summed E-state index contributed by atoms with van der Waals surface area (Å²) in [6, 6.07) is 10.4. The third kappa shape index (κ3) is 3.27. The van der Waals surface area contributed by atoms with Crippen LogP contribution in [0.15, 0.2) is 48.8 Å². The smallest absolute Gasteiger partial charge is 0.410 e. The number of methoxy groups -OCH3 is 1. The molecule has 1 amide bonds. The number of hydrogen-bond donors (Lipinski definition) is 0. The first-order chi connectivity index (χ1) is 12.7. The van der Waals surface area contributed by atoms with E-state index in [1.165, 1.54) is 5.57 Å². The summed E-state index contributed by atoms with van der Waals surface area (Å²) in [5.74, 6) is 0. The zero-order chi connectivity index (χ0) is 17.9. The monoisotopic (exact) mass is 351 g/mol. The average molecular weight is 351 g/mol. The van der Waals surface area contributed by atoms with Crippen LogP contribution in [-0.4, -0.2) is 40.2 Å². The predicted molar refractivity (Wildman–Crippen MR) is 96.5 cm³/mol. The van der Waals surface area contributed by atoms with Crippen molar-refractivity contribution in [2.45, 2.75) is 38.0 Å². The van der Waals surface area contributed by atoms with Crippen LogP contribution in [0.25, 0.3) is 5.57 Å². The van der Waals surface area contributed by atoms with E-state index in [-0.39, 0.29) is 18.2 Å². The molecule has 0 spiro atoms. The summed E-state index contributed by atoms with van der Waals surface area (Å²) in [6.07, 6.45) is 8.22. The largest absolute Gasteiger partial charge is 0.467 e. The molecular formula is C20H21N3O3. The zero-order valence-corrected chi connectivity index (χ0v) is 14.7. The Hall–Kier alpha value is -2.89. The van der Waals surface area contributed by atoms with E-state index in [4.69, 9.17) is 9.47 Å². The van der Waals surface area contributed by atoms with Gasteiger partial charge < -0.3 is 9.47 Å². The summed E-state index contributed by atoms with van der Waals surface area (Å²) < 4.78 is 10.5. The maximum atomic E-state index is 12.6. The Bertz CT molecular complexity index is 805. The van der Waals surface area contributed by atoms with E-state index in [2.05, 4.69) is 16.0 Å². The number of aromatic nitrogens is 2. The molecule has 0 radical (unpaired) electrons. The Balaban J connectivity index is 1.45. The molecule has 26 heavy (non-hydrogen) atoms. The van der Waals surface area contributed by atoms with Gasteiger partial charge in [0.1, 0.15) is 6.61 Å². The van der Waals surface area contributed by atoms with Crippen LogP contribution in [0.2, 0.25) is 0 Å². The number of hydrogen-bond acceptors (Lipinski definition) is 5. The molecule has 2 atom stereocenters. The fraction of sp³-hybridized carbons (Fsp3) is 0.350. The molecule has 3 heterocycles. The fourth-order valence-corrected chi connectivity index (χ4v) is 3.71. The van der Waals surface area contributed by atoms with Gasteiger partial charge in [0.2, 0.25) is 0 Å². The van der Waals surface area contributed by atoms with Crippen molar-refractivity contribution in [1.82, 2.24) is 14.9 Å². The van der Waals surface area contributed by atoms with Gasteiger partial charge in [-0.05, 0) is 30.4 Å². The number of carbonyl (C=O) groups excluding carboxylic acids is 1. The lowest BCUT2D eigenvalue weighted by Gasteiger charge is -2.33. The van der Waals surface area contributed by atoms with E-state index in [1.807, 2.05) is 35.2 Å². The number of rotatable bonds is 4. The Kier molecular flexibility index (Phi) is 4.56. The van der Waals surface area contributed by atoms with Crippen LogP contribution in [0, 0.1) is 0 Å². The van der Waals surface area contributed by atoms with Crippen molar-refractivity contribution >= 4 is 11.7 Å². The van der Waals surface area contributed by atoms with Crippen molar-refractivity contribution in [2.75, 3.05) is 7.11 Å². The van der Waals surface area contributed by atoms with Gasteiger partial charge in [0, 0.05) is 24.0 Å². The molecular weight excluding hydrogens is 330 g/mol. The molecule has 6 heteroatoms. The van der Waals surface area contributed by atoms with E-state index < -0.39 is 0 Å². The summed E-state index contributed by atoms with van der Waals surface area (Å²) in [5, 5.41) is 0. The van der Waals surface area contributed by atoms with Gasteiger partial charge in [0.25, 0.3) is 0 Å². The molecule has 1 aromatic heterocycles. The van der Waals surface area contributed by atoms with E-state index in [0.29, 0.717) is 12.6 Å². The quantitative estimate of drug-likeness (QED) is 0.844. The normalized spacial score (nSPS) is 21.3. The van der Waals surface area contributed by atoms with Crippen molar-refractivity contribution in [3.8, 4) is 6.01 Å². The Morgan fingerprint density at radius 2 is 1.96 bits per heavy atom. The number of amides is 1. The van der Waals surface area contributed by atoms with Crippen LogP contribution in [0.3, 0.4) is 0 Å². The van der Waals surface area contributed by atoms with Crippen molar-refractivity contribution in [1.29, 1.82) is 0 Å². The van der Waals surface area contributed by atoms with Crippen LogP contribution in [0.4, 0.5) is 4.79 Å². The van der Waals surface area contributed by atoms with E-state index in [1.54, 1.807) is 19.5 Å². The van der Waals surface area contributed by atoms with Gasteiger partial charge >= 0.3 is 12.1 Å². The first-order valence-electron chi connectivity index (χ1n) is 8.80. The molecule has 1 fully saturated rings. The third-order valence-electron chi connectivity index (χ3n) is 4.99. The highest BCUT2D eigenvalue weighted by Gasteiger charge is 2.40. The molecule has 4 rings (SSSR count). The van der Waals surface area contributed by atoms with Crippen molar-refractivity contribution in [2.24, 2.45) is 0 Å². The first-order valence-corrected chi connectivity index (χ1v) is 8.80. The molecule has 134 valence electrons. The lowest BCUT2D eigenvalue weighted by Crippen LogP contribution is -2.43. The highest BCUT2D eigenvalue weighted by atomic mass is 16.6. The molecule has 1 saturated heterocycles. The molecule has 2 aromatic rings. The van der Waals surface area contributed by atoms with Crippen LogP contribution >= 0.6 is 0 Å². The Labute approximate surface area is 152 Å². The summed E-state index contributed by atoms with van der Waals surface area (Å²) in [7, 11) is 1.55. The van der Waals surface area contributed by atoms with Gasteiger partial charge in [0.15, 0.2) is 0 Å². The highest BCUT2D eigenvalue weighted by Crippen LogP contribution is 2.38. The molecule has 0 N–H and O–H groups in total. The Morgan fingerprint density at radius 1 is 1.19 bits per heavy atom. The number of fused-ring (bicyclic) bond motifs is 2. The molecule has 6 nitrogen and oxygen atoms in total. The maximum absolute atomic E-state index is 12.6. The molecule has 1 aromatic carbocycles. The average Bonchev–Trinajstić information content (AvgIpc) is 2.96. The minimum atomic E-state index is -0.234. The minimum absolute atomic E-state index is 0.0779. The van der Waals surface area contributed by atoms with Gasteiger partial charge in [-0.15, -0.1) is 0 Å². The molecule has 0 aliphatic carbocycles. The van der Waals surface area contributed by atoms with Crippen LogP contribution < -0.4 is 4.74 Å². The summed E-state index contributed by atoms with van der Waals surface area (Å²) >= 11 is 0.